The molecule has 0 amide bonds. The molecule has 8 nitrogen and oxygen atoms in total. The lowest BCUT2D eigenvalue weighted by Crippen LogP contribution is -2.29. The summed E-state index contributed by atoms with van der Waals surface area (Å²) in [5, 5.41) is 2.92. The third-order valence-corrected chi connectivity index (χ3v) is 6.01. The monoisotopic (exact) mass is 462 g/mol. The molecule has 0 bridgehead atoms. The molecule has 0 unspecified atom stereocenters. The second-order valence-corrected chi connectivity index (χ2v) is 8.46. The average Bonchev–Trinajstić information content (AvgIpc) is 3.21. The zero-order valence-corrected chi connectivity index (χ0v) is 17.2. The van der Waals surface area contributed by atoms with Gasteiger partial charge in [-0.05, 0) is 42.5 Å². The van der Waals surface area contributed by atoms with Gasteiger partial charge < -0.3 is 5.32 Å². The summed E-state index contributed by atoms with van der Waals surface area (Å²) in [6.07, 6.45) is -1.32. The van der Waals surface area contributed by atoms with Gasteiger partial charge in [0, 0.05) is 19.3 Å². The van der Waals surface area contributed by atoms with E-state index < -0.39 is 21.8 Å². The van der Waals surface area contributed by atoms with Gasteiger partial charge in [-0.25, -0.2) is 23.1 Å². The molecule has 166 valence electrons. The Bertz CT molecular complexity index is 1340. The van der Waals surface area contributed by atoms with Crippen molar-refractivity contribution in [2.75, 3.05) is 18.4 Å². The Kier molecular flexibility index (Phi) is 5.80. The van der Waals surface area contributed by atoms with Gasteiger partial charge in [0.15, 0.2) is 0 Å². The van der Waals surface area contributed by atoms with Gasteiger partial charge in [-0.1, -0.05) is 12.1 Å². The van der Waals surface area contributed by atoms with E-state index in [0.717, 1.165) is 35.3 Å². The van der Waals surface area contributed by atoms with Crippen LogP contribution in [0.25, 0.3) is 16.9 Å². The molecule has 4 aromatic rings. The lowest BCUT2D eigenvalue weighted by molar-refractivity contribution is -0.137. The second kappa shape index (κ2) is 8.55. The molecule has 12 heteroatoms. The molecule has 0 spiro atoms. The standard InChI is InChI=1S/C20H17F3N6O2S/c21-20(22,23)14-5-7-15(8-6-14)32(30,31)27-12-11-25-19-24-10-9-18(28-19)29-13-26-16-3-1-2-4-17(16)29/h1-10,13,27H,11-12H2,(H,24,25,28). The summed E-state index contributed by atoms with van der Waals surface area (Å²) < 4.78 is 66.6. The van der Waals surface area contributed by atoms with Crippen LogP contribution in [0.2, 0.25) is 0 Å². The van der Waals surface area contributed by atoms with E-state index in [9.17, 15) is 21.6 Å². The zero-order chi connectivity index (χ0) is 22.8. The highest BCUT2D eigenvalue weighted by atomic mass is 32.2. The molecular weight excluding hydrogens is 445 g/mol. The number of imidazole rings is 1. The minimum atomic E-state index is -4.53. The van der Waals surface area contributed by atoms with Crippen LogP contribution in [0.4, 0.5) is 19.1 Å². The van der Waals surface area contributed by atoms with E-state index in [1.165, 1.54) is 0 Å². The van der Waals surface area contributed by atoms with E-state index in [4.69, 9.17) is 0 Å². The summed E-state index contributed by atoms with van der Waals surface area (Å²) in [5.41, 5.74) is 0.778. The number of rotatable bonds is 7. The number of fused-ring (bicyclic) bond motifs is 1. The molecule has 32 heavy (non-hydrogen) atoms. The first-order chi connectivity index (χ1) is 15.2. The third kappa shape index (κ3) is 4.70. The molecule has 2 N–H and O–H groups in total. The average molecular weight is 462 g/mol. The number of nitrogens with one attached hydrogen (secondary N) is 2. The quantitative estimate of drug-likeness (QED) is 0.409. The van der Waals surface area contributed by atoms with Gasteiger partial charge >= 0.3 is 6.18 Å². The number of anilines is 1. The van der Waals surface area contributed by atoms with Crippen molar-refractivity contribution in [3.8, 4) is 5.82 Å². The summed E-state index contributed by atoms with van der Waals surface area (Å²) >= 11 is 0. The number of hydrogen-bond donors (Lipinski definition) is 2. The number of hydrogen-bond acceptors (Lipinski definition) is 6. The van der Waals surface area contributed by atoms with E-state index in [-0.39, 0.29) is 23.9 Å². The van der Waals surface area contributed by atoms with Crippen LogP contribution in [-0.4, -0.2) is 41.0 Å². The zero-order valence-electron chi connectivity index (χ0n) is 16.4. The Labute approximate surface area is 181 Å². The van der Waals surface area contributed by atoms with Crippen molar-refractivity contribution in [3.05, 3.63) is 72.7 Å². The fraction of sp³-hybridized carbons (Fsp3) is 0.150. The number of alkyl halides is 3. The van der Waals surface area contributed by atoms with Crippen molar-refractivity contribution >= 4 is 27.0 Å². The van der Waals surface area contributed by atoms with Crippen molar-refractivity contribution < 1.29 is 21.6 Å². The van der Waals surface area contributed by atoms with Crippen molar-refractivity contribution in [3.63, 3.8) is 0 Å². The molecule has 2 aromatic heterocycles. The maximum absolute atomic E-state index is 12.6. The predicted octanol–water partition coefficient (Wildman–Crippen LogP) is 3.22. The smallest absolute Gasteiger partial charge is 0.353 e. The summed E-state index contributed by atoms with van der Waals surface area (Å²) in [6, 6.07) is 12.6. The largest absolute Gasteiger partial charge is 0.416 e. The highest BCUT2D eigenvalue weighted by Crippen LogP contribution is 2.29. The molecule has 2 aromatic carbocycles. The summed E-state index contributed by atoms with van der Waals surface area (Å²) in [5.74, 6) is 0.871. The molecule has 0 saturated heterocycles. The van der Waals surface area contributed by atoms with Crippen molar-refractivity contribution in [2.45, 2.75) is 11.1 Å². The van der Waals surface area contributed by atoms with E-state index in [1.807, 2.05) is 24.3 Å². The van der Waals surface area contributed by atoms with Gasteiger partial charge in [0.05, 0.1) is 21.5 Å². The normalized spacial score (nSPS) is 12.2. The van der Waals surface area contributed by atoms with Crippen LogP contribution in [0.15, 0.2) is 72.0 Å². The van der Waals surface area contributed by atoms with E-state index >= 15 is 0 Å². The Morgan fingerprint density at radius 1 is 0.938 bits per heavy atom. The lowest BCUT2D eigenvalue weighted by atomic mass is 10.2. The Balaban J connectivity index is 1.37. The minimum Gasteiger partial charge on any atom is -0.353 e. The van der Waals surface area contributed by atoms with Crippen LogP contribution in [-0.2, 0) is 16.2 Å². The first-order valence-electron chi connectivity index (χ1n) is 9.40. The lowest BCUT2D eigenvalue weighted by Gasteiger charge is -2.10. The maximum Gasteiger partial charge on any atom is 0.416 e. The molecule has 0 fully saturated rings. The van der Waals surface area contributed by atoms with Gasteiger partial charge in [0.2, 0.25) is 16.0 Å². The van der Waals surface area contributed by atoms with E-state index in [1.54, 1.807) is 23.2 Å². The molecule has 0 aliphatic rings. The molecule has 0 saturated carbocycles. The van der Waals surface area contributed by atoms with Crippen molar-refractivity contribution in [1.29, 1.82) is 0 Å². The molecule has 2 heterocycles. The second-order valence-electron chi connectivity index (χ2n) is 6.69. The van der Waals surface area contributed by atoms with Gasteiger partial charge in [-0.3, -0.25) is 4.57 Å². The topological polar surface area (TPSA) is 102 Å². The first kappa shape index (κ1) is 21.7. The van der Waals surface area contributed by atoms with Crippen LogP contribution in [0.5, 0.6) is 0 Å². The first-order valence-corrected chi connectivity index (χ1v) is 10.9. The maximum atomic E-state index is 12.6. The van der Waals surface area contributed by atoms with Gasteiger partial charge in [0.1, 0.15) is 12.1 Å². The minimum absolute atomic E-state index is 0.0229. The molecule has 0 aliphatic carbocycles. The van der Waals surface area contributed by atoms with Crippen LogP contribution >= 0.6 is 0 Å². The summed E-state index contributed by atoms with van der Waals surface area (Å²) in [6.45, 7) is 0.138. The number of benzene rings is 2. The number of sulfonamides is 1. The summed E-state index contributed by atoms with van der Waals surface area (Å²) in [7, 11) is -3.96. The molecular formula is C20H17F3N6O2S. The van der Waals surface area contributed by atoms with Gasteiger partial charge in [-0.2, -0.15) is 18.2 Å². The number of halogens is 3. The highest BCUT2D eigenvalue weighted by molar-refractivity contribution is 7.89. The Morgan fingerprint density at radius 3 is 2.44 bits per heavy atom. The molecule has 0 atom stereocenters. The van der Waals surface area contributed by atoms with Crippen LogP contribution in [0, 0.1) is 0 Å². The molecule has 4 rings (SSSR count). The van der Waals surface area contributed by atoms with Crippen LogP contribution in [0.1, 0.15) is 5.56 Å². The summed E-state index contributed by atoms with van der Waals surface area (Å²) in [4.78, 5) is 12.6. The van der Waals surface area contributed by atoms with Gasteiger partial charge in [-0.15, -0.1) is 0 Å². The highest BCUT2D eigenvalue weighted by Gasteiger charge is 2.30. The molecule has 0 radical (unpaired) electrons. The SMILES string of the molecule is O=S(=O)(NCCNc1nccc(-n2cnc3ccccc32)n1)c1ccc(C(F)(F)F)cc1. The fourth-order valence-corrected chi connectivity index (χ4v) is 4.01. The third-order valence-electron chi connectivity index (χ3n) is 4.53. The fourth-order valence-electron chi connectivity index (χ4n) is 2.98. The van der Waals surface area contributed by atoms with Crippen LogP contribution in [0.3, 0.4) is 0 Å². The van der Waals surface area contributed by atoms with E-state index in [0.29, 0.717) is 5.82 Å². The van der Waals surface area contributed by atoms with Crippen LogP contribution < -0.4 is 10.0 Å². The number of nitrogens with zero attached hydrogens (tertiary/aromatic N) is 4. The van der Waals surface area contributed by atoms with Crippen molar-refractivity contribution in [1.82, 2.24) is 24.2 Å². The van der Waals surface area contributed by atoms with E-state index in [2.05, 4.69) is 25.0 Å². The van der Waals surface area contributed by atoms with Gasteiger partial charge in [0.25, 0.3) is 0 Å². The number of aromatic nitrogens is 4. The number of para-hydroxylation sites is 2. The Hall–Kier alpha value is -3.51. The predicted molar refractivity (Wildman–Crippen MR) is 112 cm³/mol. The molecule has 0 aliphatic heterocycles. The Morgan fingerprint density at radius 2 is 1.69 bits per heavy atom. The van der Waals surface area contributed by atoms with Crippen molar-refractivity contribution in [2.24, 2.45) is 0 Å².